The summed E-state index contributed by atoms with van der Waals surface area (Å²) in [6, 6.07) is 14.1. The molecule has 2 aromatic carbocycles. The number of carboxylic acid groups (broad SMARTS) is 1. The first-order chi connectivity index (χ1) is 12.6. The number of carbonyl (C=O) groups is 2. The lowest BCUT2D eigenvalue weighted by Gasteiger charge is -2.15. The summed E-state index contributed by atoms with van der Waals surface area (Å²) in [7, 11) is 0. The molecule has 0 aromatic heterocycles. The van der Waals surface area contributed by atoms with E-state index in [-0.39, 0.29) is 5.91 Å². The maximum atomic E-state index is 12.4. The number of benzene rings is 2. The quantitative estimate of drug-likeness (QED) is 0.674. The van der Waals surface area contributed by atoms with Crippen LogP contribution in [-0.4, -0.2) is 30.2 Å². The molecule has 2 aromatic rings. The van der Waals surface area contributed by atoms with Crippen LogP contribution < -0.4 is 16.0 Å². The summed E-state index contributed by atoms with van der Waals surface area (Å²) in [5.41, 5.74) is 3.75. The molecule has 0 spiro atoms. The fourth-order valence-electron chi connectivity index (χ4n) is 2.87. The number of hydrogen-bond donors (Lipinski definition) is 4. The van der Waals surface area contributed by atoms with Crippen molar-refractivity contribution < 1.29 is 14.7 Å². The summed E-state index contributed by atoms with van der Waals surface area (Å²) in [6.07, 6.45) is 3.10. The zero-order valence-electron chi connectivity index (χ0n) is 14.3. The molecule has 0 bridgehead atoms. The zero-order chi connectivity index (χ0) is 18.4. The van der Waals surface area contributed by atoms with Gasteiger partial charge in [-0.2, -0.15) is 0 Å². The first kappa shape index (κ1) is 17.7. The second-order valence-electron chi connectivity index (χ2n) is 6.10. The van der Waals surface area contributed by atoms with E-state index < -0.39 is 6.09 Å². The van der Waals surface area contributed by atoms with Crippen LogP contribution in [0, 0.1) is 0 Å². The van der Waals surface area contributed by atoms with Crippen molar-refractivity contribution in [2.75, 3.05) is 23.7 Å². The molecular formula is C20H21N3O3. The predicted octanol–water partition coefficient (Wildman–Crippen LogP) is 3.80. The van der Waals surface area contributed by atoms with E-state index in [1.165, 1.54) is 5.57 Å². The Morgan fingerprint density at radius 2 is 1.54 bits per heavy atom. The molecule has 0 atom stereocenters. The SMILES string of the molecule is O=C(O)Nc1ccccc1NC(=O)c1ccc(C=C2CCNCC2)cc1. The topological polar surface area (TPSA) is 90.5 Å². The highest BCUT2D eigenvalue weighted by Crippen LogP contribution is 2.22. The van der Waals surface area contributed by atoms with Gasteiger partial charge in [-0.3, -0.25) is 10.1 Å². The standard InChI is InChI=1S/C20H21N3O3/c24-19(22-17-3-1-2-4-18(17)23-20(25)26)16-7-5-14(6-8-16)13-15-9-11-21-12-10-15/h1-8,13,21,23H,9-12H2,(H,22,24)(H,25,26). The highest BCUT2D eigenvalue weighted by molar-refractivity contribution is 6.06. The summed E-state index contributed by atoms with van der Waals surface area (Å²) >= 11 is 0. The molecule has 1 fully saturated rings. The van der Waals surface area contributed by atoms with Crippen LogP contribution in [0.2, 0.25) is 0 Å². The van der Waals surface area contributed by atoms with Gasteiger partial charge in [0.25, 0.3) is 5.91 Å². The molecular weight excluding hydrogens is 330 g/mol. The number of piperidine rings is 1. The molecule has 0 saturated carbocycles. The monoisotopic (exact) mass is 351 g/mol. The minimum Gasteiger partial charge on any atom is -0.465 e. The molecule has 6 heteroatoms. The lowest BCUT2D eigenvalue weighted by atomic mass is 10.0. The normalized spacial score (nSPS) is 13.8. The lowest BCUT2D eigenvalue weighted by Crippen LogP contribution is -2.22. The Morgan fingerprint density at radius 1 is 0.923 bits per heavy atom. The van der Waals surface area contributed by atoms with Crippen LogP contribution in [0.1, 0.15) is 28.8 Å². The molecule has 0 aliphatic carbocycles. The Balaban J connectivity index is 1.70. The number of nitrogens with one attached hydrogen (secondary N) is 3. The highest BCUT2D eigenvalue weighted by Gasteiger charge is 2.10. The van der Waals surface area contributed by atoms with Gasteiger partial charge in [0.2, 0.25) is 0 Å². The van der Waals surface area contributed by atoms with Crippen molar-refractivity contribution in [2.24, 2.45) is 0 Å². The van der Waals surface area contributed by atoms with Crippen molar-refractivity contribution in [1.29, 1.82) is 0 Å². The number of carbonyl (C=O) groups excluding carboxylic acids is 1. The largest absolute Gasteiger partial charge is 0.465 e. The van der Waals surface area contributed by atoms with E-state index in [4.69, 9.17) is 5.11 Å². The maximum Gasteiger partial charge on any atom is 0.409 e. The van der Waals surface area contributed by atoms with E-state index in [0.717, 1.165) is 31.5 Å². The molecule has 134 valence electrons. The number of hydrogen-bond acceptors (Lipinski definition) is 3. The van der Waals surface area contributed by atoms with Gasteiger partial charge in [0.1, 0.15) is 0 Å². The summed E-state index contributed by atoms with van der Waals surface area (Å²) < 4.78 is 0. The average Bonchev–Trinajstić information content (AvgIpc) is 2.64. The van der Waals surface area contributed by atoms with Crippen LogP contribution in [0.25, 0.3) is 6.08 Å². The van der Waals surface area contributed by atoms with Crippen molar-refractivity contribution in [3.8, 4) is 0 Å². The van der Waals surface area contributed by atoms with Crippen LogP contribution >= 0.6 is 0 Å². The molecule has 26 heavy (non-hydrogen) atoms. The number of rotatable bonds is 4. The Hall–Kier alpha value is -3.12. The second kappa shape index (κ2) is 8.31. The van der Waals surface area contributed by atoms with Gasteiger partial charge in [-0.05, 0) is 55.8 Å². The zero-order valence-corrected chi connectivity index (χ0v) is 14.3. The molecule has 4 N–H and O–H groups in total. The molecule has 1 saturated heterocycles. The molecule has 1 aliphatic rings. The van der Waals surface area contributed by atoms with Crippen molar-refractivity contribution in [3.63, 3.8) is 0 Å². The van der Waals surface area contributed by atoms with Gasteiger partial charge < -0.3 is 15.7 Å². The van der Waals surface area contributed by atoms with Crippen LogP contribution in [0.4, 0.5) is 16.2 Å². The van der Waals surface area contributed by atoms with E-state index in [9.17, 15) is 9.59 Å². The van der Waals surface area contributed by atoms with Gasteiger partial charge >= 0.3 is 6.09 Å². The van der Waals surface area contributed by atoms with Gasteiger partial charge in [-0.1, -0.05) is 35.9 Å². The summed E-state index contributed by atoms with van der Waals surface area (Å²) in [5, 5.41) is 17.2. The van der Waals surface area contributed by atoms with Crippen LogP contribution in [0.5, 0.6) is 0 Å². The van der Waals surface area contributed by atoms with Gasteiger partial charge in [0.15, 0.2) is 0 Å². The Labute approximate surface area is 151 Å². The Morgan fingerprint density at radius 3 is 2.15 bits per heavy atom. The second-order valence-corrected chi connectivity index (χ2v) is 6.10. The van der Waals surface area contributed by atoms with Crippen molar-refractivity contribution >= 4 is 29.5 Å². The number of para-hydroxylation sites is 2. The minimum absolute atomic E-state index is 0.286. The Bertz CT molecular complexity index is 820. The molecule has 2 amide bonds. The summed E-state index contributed by atoms with van der Waals surface area (Å²) in [5.74, 6) is -0.286. The fourth-order valence-corrected chi connectivity index (χ4v) is 2.87. The number of anilines is 2. The Kier molecular flexibility index (Phi) is 5.66. The van der Waals surface area contributed by atoms with E-state index >= 15 is 0 Å². The molecule has 0 radical (unpaired) electrons. The van der Waals surface area contributed by atoms with E-state index in [1.807, 2.05) is 12.1 Å². The van der Waals surface area contributed by atoms with Gasteiger partial charge in [0, 0.05) is 5.56 Å². The van der Waals surface area contributed by atoms with Gasteiger partial charge in [-0.15, -0.1) is 0 Å². The maximum absolute atomic E-state index is 12.4. The number of amides is 2. The van der Waals surface area contributed by atoms with E-state index in [0.29, 0.717) is 16.9 Å². The van der Waals surface area contributed by atoms with Gasteiger partial charge in [0.05, 0.1) is 11.4 Å². The molecule has 0 unspecified atom stereocenters. The third-order valence-corrected chi connectivity index (χ3v) is 4.21. The first-order valence-corrected chi connectivity index (χ1v) is 8.52. The van der Waals surface area contributed by atoms with Crippen LogP contribution in [-0.2, 0) is 0 Å². The third-order valence-electron chi connectivity index (χ3n) is 4.21. The van der Waals surface area contributed by atoms with E-state index in [2.05, 4.69) is 22.0 Å². The summed E-state index contributed by atoms with van der Waals surface area (Å²) in [4.78, 5) is 23.3. The van der Waals surface area contributed by atoms with Crippen molar-refractivity contribution in [2.45, 2.75) is 12.8 Å². The average molecular weight is 351 g/mol. The smallest absolute Gasteiger partial charge is 0.409 e. The molecule has 1 aliphatic heterocycles. The van der Waals surface area contributed by atoms with Crippen molar-refractivity contribution in [1.82, 2.24) is 5.32 Å². The van der Waals surface area contributed by atoms with Crippen LogP contribution in [0.3, 0.4) is 0 Å². The molecule has 3 rings (SSSR count). The van der Waals surface area contributed by atoms with Crippen LogP contribution in [0.15, 0.2) is 54.1 Å². The third kappa shape index (κ3) is 4.70. The lowest BCUT2D eigenvalue weighted by molar-refractivity contribution is 0.102. The predicted molar refractivity (Wildman–Crippen MR) is 103 cm³/mol. The highest BCUT2D eigenvalue weighted by atomic mass is 16.4. The van der Waals surface area contributed by atoms with Gasteiger partial charge in [-0.25, -0.2) is 4.79 Å². The fraction of sp³-hybridized carbons (Fsp3) is 0.200. The first-order valence-electron chi connectivity index (χ1n) is 8.52. The van der Waals surface area contributed by atoms with E-state index in [1.54, 1.807) is 36.4 Å². The molecule has 6 nitrogen and oxygen atoms in total. The van der Waals surface area contributed by atoms with Crippen molar-refractivity contribution in [3.05, 3.63) is 65.2 Å². The minimum atomic E-state index is -1.18. The molecule has 1 heterocycles. The summed E-state index contributed by atoms with van der Waals surface area (Å²) in [6.45, 7) is 2.02.